The van der Waals surface area contributed by atoms with Crippen LogP contribution in [0.15, 0.2) is 35.4 Å². The molecule has 0 fully saturated rings. The summed E-state index contributed by atoms with van der Waals surface area (Å²) in [6.07, 6.45) is 0. The maximum atomic E-state index is 11.2. The molecule has 1 heterocycles. The molecule has 1 aromatic rings. The van der Waals surface area contributed by atoms with E-state index in [1.54, 1.807) is 11.9 Å². The Bertz CT molecular complexity index is 356. The smallest absolute Gasteiger partial charge is 0.199 e. The minimum atomic E-state index is 0.101. The molecule has 1 aliphatic rings. The number of para-hydroxylation sites is 1. The summed E-state index contributed by atoms with van der Waals surface area (Å²) < 4.78 is 0. The molecule has 0 spiro atoms. The SMILES string of the molecule is CC1=NN(c2ccccc2)CC1=O. The molecule has 1 aliphatic heterocycles. The van der Waals surface area contributed by atoms with Crippen LogP contribution in [0.2, 0.25) is 0 Å². The van der Waals surface area contributed by atoms with Crippen LogP contribution in [0.25, 0.3) is 0 Å². The van der Waals surface area contributed by atoms with Crippen LogP contribution in [0.5, 0.6) is 0 Å². The van der Waals surface area contributed by atoms with Gasteiger partial charge in [-0.3, -0.25) is 9.80 Å². The number of anilines is 1. The van der Waals surface area contributed by atoms with E-state index in [9.17, 15) is 4.79 Å². The average molecular weight is 174 g/mol. The third-order valence-electron chi connectivity index (χ3n) is 2.02. The highest BCUT2D eigenvalue weighted by molar-refractivity contribution is 6.42. The second-order valence-electron chi connectivity index (χ2n) is 3.00. The van der Waals surface area contributed by atoms with Gasteiger partial charge in [0.25, 0.3) is 0 Å². The van der Waals surface area contributed by atoms with Gasteiger partial charge in [-0.1, -0.05) is 18.2 Å². The van der Waals surface area contributed by atoms with Crippen molar-refractivity contribution >= 4 is 17.2 Å². The van der Waals surface area contributed by atoms with Crippen molar-refractivity contribution in [2.45, 2.75) is 6.92 Å². The fourth-order valence-electron chi connectivity index (χ4n) is 1.27. The molecule has 0 N–H and O–H groups in total. The van der Waals surface area contributed by atoms with E-state index in [1.807, 2.05) is 30.3 Å². The van der Waals surface area contributed by atoms with Gasteiger partial charge in [-0.05, 0) is 19.1 Å². The number of Topliss-reactive ketones (excluding diaryl/α,β-unsaturated/α-hetero) is 1. The van der Waals surface area contributed by atoms with E-state index in [0.29, 0.717) is 12.3 Å². The maximum Gasteiger partial charge on any atom is 0.199 e. The third-order valence-corrected chi connectivity index (χ3v) is 2.02. The monoisotopic (exact) mass is 174 g/mol. The van der Waals surface area contributed by atoms with Crippen LogP contribution in [-0.4, -0.2) is 18.0 Å². The summed E-state index contributed by atoms with van der Waals surface area (Å²) in [5.74, 6) is 0.101. The molecule has 0 amide bonds. The Balaban J connectivity index is 2.27. The van der Waals surface area contributed by atoms with E-state index in [4.69, 9.17) is 0 Å². The Morgan fingerprint density at radius 3 is 2.54 bits per heavy atom. The maximum absolute atomic E-state index is 11.2. The van der Waals surface area contributed by atoms with Crippen molar-refractivity contribution in [2.24, 2.45) is 5.10 Å². The first-order valence-electron chi connectivity index (χ1n) is 4.18. The van der Waals surface area contributed by atoms with Crippen molar-refractivity contribution < 1.29 is 4.79 Å². The minimum Gasteiger partial charge on any atom is -0.291 e. The number of hydrogen-bond donors (Lipinski definition) is 0. The van der Waals surface area contributed by atoms with E-state index in [2.05, 4.69) is 5.10 Å². The largest absolute Gasteiger partial charge is 0.291 e. The second-order valence-corrected chi connectivity index (χ2v) is 3.00. The zero-order valence-electron chi connectivity index (χ0n) is 7.40. The van der Waals surface area contributed by atoms with Crippen molar-refractivity contribution in [3.63, 3.8) is 0 Å². The summed E-state index contributed by atoms with van der Waals surface area (Å²) in [5.41, 5.74) is 1.55. The van der Waals surface area contributed by atoms with E-state index >= 15 is 0 Å². The van der Waals surface area contributed by atoms with Gasteiger partial charge in [-0.25, -0.2) is 0 Å². The molecule has 66 valence electrons. The molecule has 0 unspecified atom stereocenters. The van der Waals surface area contributed by atoms with Crippen LogP contribution in [0.3, 0.4) is 0 Å². The van der Waals surface area contributed by atoms with E-state index < -0.39 is 0 Å². The van der Waals surface area contributed by atoms with Gasteiger partial charge >= 0.3 is 0 Å². The summed E-state index contributed by atoms with van der Waals surface area (Å²) in [7, 11) is 0. The van der Waals surface area contributed by atoms with Crippen LogP contribution in [0.1, 0.15) is 6.92 Å². The van der Waals surface area contributed by atoms with Gasteiger partial charge in [0.15, 0.2) is 5.78 Å². The van der Waals surface area contributed by atoms with Crippen molar-refractivity contribution in [3.05, 3.63) is 30.3 Å². The highest BCUT2D eigenvalue weighted by Crippen LogP contribution is 2.16. The first kappa shape index (κ1) is 7.98. The lowest BCUT2D eigenvalue weighted by Gasteiger charge is -2.11. The lowest BCUT2D eigenvalue weighted by atomic mass is 10.3. The Labute approximate surface area is 76.7 Å². The predicted octanol–water partition coefficient (Wildman–Crippen LogP) is 1.45. The number of hydrogen-bond acceptors (Lipinski definition) is 3. The summed E-state index contributed by atoms with van der Waals surface area (Å²) in [4.78, 5) is 11.2. The molecular formula is C10H10N2O. The number of carbonyl (C=O) groups is 1. The average Bonchev–Trinajstić information content (AvgIpc) is 2.49. The fraction of sp³-hybridized carbons (Fsp3) is 0.200. The van der Waals surface area contributed by atoms with Gasteiger partial charge < -0.3 is 0 Å². The normalized spacial score (nSPS) is 16.2. The Morgan fingerprint density at radius 2 is 2.00 bits per heavy atom. The van der Waals surface area contributed by atoms with Crippen LogP contribution in [0.4, 0.5) is 5.69 Å². The lowest BCUT2D eigenvalue weighted by Crippen LogP contribution is -2.17. The van der Waals surface area contributed by atoms with Crippen molar-refractivity contribution in [1.29, 1.82) is 0 Å². The highest BCUT2D eigenvalue weighted by atomic mass is 16.1. The summed E-state index contributed by atoms with van der Waals surface area (Å²) >= 11 is 0. The fourth-order valence-corrected chi connectivity index (χ4v) is 1.27. The first-order valence-corrected chi connectivity index (χ1v) is 4.18. The van der Waals surface area contributed by atoms with Gasteiger partial charge in [0, 0.05) is 0 Å². The predicted molar refractivity (Wildman–Crippen MR) is 51.9 cm³/mol. The molecule has 0 radical (unpaired) electrons. The Morgan fingerprint density at radius 1 is 1.31 bits per heavy atom. The van der Waals surface area contributed by atoms with Crippen molar-refractivity contribution in [1.82, 2.24) is 0 Å². The standard InChI is InChI=1S/C10H10N2O/c1-8-10(13)7-12(11-8)9-5-3-2-4-6-9/h2-6H,7H2,1H3. The molecule has 13 heavy (non-hydrogen) atoms. The zero-order valence-corrected chi connectivity index (χ0v) is 7.40. The molecule has 3 nitrogen and oxygen atoms in total. The second kappa shape index (κ2) is 3.01. The molecule has 3 heteroatoms. The molecule has 0 saturated heterocycles. The summed E-state index contributed by atoms with van der Waals surface area (Å²) in [6.45, 7) is 2.11. The Hall–Kier alpha value is -1.64. The first-order chi connectivity index (χ1) is 6.27. The molecule has 0 aliphatic carbocycles. The number of benzene rings is 1. The van der Waals surface area contributed by atoms with Crippen LogP contribution < -0.4 is 5.01 Å². The zero-order chi connectivity index (χ0) is 9.26. The number of nitrogens with zero attached hydrogens (tertiary/aromatic N) is 2. The van der Waals surface area contributed by atoms with Crippen LogP contribution >= 0.6 is 0 Å². The molecule has 2 rings (SSSR count). The summed E-state index contributed by atoms with van der Waals surface area (Å²) in [6, 6.07) is 9.69. The number of hydrazone groups is 1. The minimum absolute atomic E-state index is 0.101. The highest BCUT2D eigenvalue weighted by Gasteiger charge is 2.20. The molecule has 0 bridgehead atoms. The third kappa shape index (κ3) is 1.45. The number of rotatable bonds is 1. The number of carbonyl (C=O) groups excluding carboxylic acids is 1. The lowest BCUT2D eigenvalue weighted by molar-refractivity contribution is -0.111. The van der Waals surface area contributed by atoms with Gasteiger partial charge in [0.05, 0.1) is 5.69 Å². The summed E-state index contributed by atoms with van der Waals surface area (Å²) in [5, 5.41) is 5.86. The van der Waals surface area contributed by atoms with E-state index in [1.165, 1.54) is 0 Å². The van der Waals surface area contributed by atoms with Crippen molar-refractivity contribution in [3.8, 4) is 0 Å². The molecule has 0 atom stereocenters. The van der Waals surface area contributed by atoms with Gasteiger partial charge in [0.1, 0.15) is 12.3 Å². The van der Waals surface area contributed by atoms with Gasteiger partial charge in [0.2, 0.25) is 0 Å². The molecule has 0 saturated carbocycles. The number of ketones is 1. The molecule has 1 aromatic carbocycles. The Kier molecular flexibility index (Phi) is 1.85. The van der Waals surface area contributed by atoms with E-state index in [0.717, 1.165) is 5.69 Å². The van der Waals surface area contributed by atoms with E-state index in [-0.39, 0.29) is 5.78 Å². The quantitative estimate of drug-likeness (QED) is 0.645. The van der Waals surface area contributed by atoms with Crippen LogP contribution in [0, 0.1) is 0 Å². The van der Waals surface area contributed by atoms with Gasteiger partial charge in [-0.15, -0.1) is 0 Å². The van der Waals surface area contributed by atoms with Crippen LogP contribution in [-0.2, 0) is 4.79 Å². The van der Waals surface area contributed by atoms with Gasteiger partial charge in [-0.2, -0.15) is 5.10 Å². The topological polar surface area (TPSA) is 32.7 Å². The molecular weight excluding hydrogens is 164 g/mol. The van der Waals surface area contributed by atoms with Crippen molar-refractivity contribution in [2.75, 3.05) is 11.6 Å². The molecule has 0 aromatic heterocycles.